The van der Waals surface area contributed by atoms with Gasteiger partial charge in [-0.05, 0) is 12.1 Å². The van der Waals surface area contributed by atoms with Gasteiger partial charge in [0.05, 0.1) is 5.69 Å². The number of pyridine rings is 1. The zero-order chi connectivity index (χ0) is 9.03. The highest BCUT2D eigenvalue weighted by Gasteiger charge is 2.13. The van der Waals surface area contributed by atoms with E-state index < -0.39 is 7.82 Å². The van der Waals surface area contributed by atoms with Crippen molar-refractivity contribution in [1.29, 1.82) is 0 Å². The Balaban J connectivity index is 2.50. The molecule has 12 heavy (non-hydrogen) atoms. The Bertz CT molecular complexity index is 285. The third kappa shape index (κ3) is 3.45. The molecule has 0 radical (unpaired) electrons. The van der Waals surface area contributed by atoms with E-state index in [9.17, 15) is 4.57 Å². The molecule has 0 bridgehead atoms. The van der Waals surface area contributed by atoms with Crippen LogP contribution in [0.3, 0.4) is 0 Å². The lowest BCUT2D eigenvalue weighted by molar-refractivity contribution is 0.233. The minimum atomic E-state index is -4.46. The molecule has 0 aromatic carbocycles. The molecule has 66 valence electrons. The maximum atomic E-state index is 10.2. The highest BCUT2D eigenvalue weighted by molar-refractivity contribution is 7.46. The zero-order valence-electron chi connectivity index (χ0n) is 5.91. The van der Waals surface area contributed by atoms with E-state index in [0.29, 0.717) is 5.69 Å². The number of anilines is 1. The summed E-state index contributed by atoms with van der Waals surface area (Å²) >= 11 is 0. The van der Waals surface area contributed by atoms with Gasteiger partial charge in [0.15, 0.2) is 0 Å². The summed E-state index contributed by atoms with van der Waals surface area (Å²) in [6, 6.07) is 3.02. The van der Waals surface area contributed by atoms with Crippen molar-refractivity contribution in [2.45, 2.75) is 0 Å². The van der Waals surface area contributed by atoms with Gasteiger partial charge < -0.3 is 9.79 Å². The number of hydrogen-bond donors (Lipinski definition) is 3. The minimum absolute atomic E-state index is 0.424. The molecule has 3 N–H and O–H groups in total. The summed E-state index contributed by atoms with van der Waals surface area (Å²) in [6.07, 6.45) is 2.93. The second-order valence-electron chi connectivity index (χ2n) is 1.92. The van der Waals surface area contributed by atoms with Crippen LogP contribution in [0.25, 0.3) is 0 Å². The van der Waals surface area contributed by atoms with Gasteiger partial charge in [-0.2, -0.15) is 4.62 Å². The van der Waals surface area contributed by atoms with Crippen LogP contribution in [0.15, 0.2) is 24.5 Å². The van der Waals surface area contributed by atoms with Gasteiger partial charge in [-0.25, -0.2) is 4.57 Å². The van der Waals surface area contributed by atoms with Crippen molar-refractivity contribution in [2.24, 2.45) is 0 Å². The van der Waals surface area contributed by atoms with Crippen LogP contribution in [0, 0.1) is 0 Å². The Hall–Kier alpha value is -0.940. The standard InChI is InChI=1S/C5H7N2O4P/c8-12(9,10)11-7-5-1-3-6-4-2-5/h1-4H,(H,6,7)(H2,8,9,10). The molecule has 1 rings (SSSR count). The lowest BCUT2D eigenvalue weighted by Gasteiger charge is -2.05. The van der Waals surface area contributed by atoms with Crippen LogP contribution < -0.4 is 5.48 Å². The molecule has 0 spiro atoms. The van der Waals surface area contributed by atoms with Crippen LogP contribution in [0.1, 0.15) is 0 Å². The number of phosphoric acid groups is 1. The summed E-state index contributed by atoms with van der Waals surface area (Å²) < 4.78 is 14.2. The molecule has 0 aliphatic carbocycles. The van der Waals surface area contributed by atoms with E-state index in [1.54, 1.807) is 0 Å². The minimum Gasteiger partial charge on any atom is -0.301 e. The van der Waals surface area contributed by atoms with Gasteiger partial charge in [0.25, 0.3) is 0 Å². The number of hydrogen-bond acceptors (Lipinski definition) is 4. The normalized spacial score (nSPS) is 11.2. The van der Waals surface area contributed by atoms with Crippen molar-refractivity contribution in [3.05, 3.63) is 24.5 Å². The average molecular weight is 190 g/mol. The van der Waals surface area contributed by atoms with Crippen LogP contribution in [0.5, 0.6) is 0 Å². The molecule has 0 saturated heterocycles. The van der Waals surface area contributed by atoms with Crippen LogP contribution in [0.4, 0.5) is 5.69 Å². The van der Waals surface area contributed by atoms with E-state index in [4.69, 9.17) is 9.79 Å². The van der Waals surface area contributed by atoms with E-state index >= 15 is 0 Å². The molecule has 0 aliphatic heterocycles. The maximum absolute atomic E-state index is 10.2. The van der Waals surface area contributed by atoms with E-state index in [-0.39, 0.29) is 0 Å². The van der Waals surface area contributed by atoms with Crippen LogP contribution in [0.2, 0.25) is 0 Å². The molecular weight excluding hydrogens is 183 g/mol. The van der Waals surface area contributed by atoms with Gasteiger partial charge in [0.1, 0.15) is 0 Å². The zero-order valence-corrected chi connectivity index (χ0v) is 6.81. The van der Waals surface area contributed by atoms with E-state index in [2.05, 4.69) is 15.1 Å². The lowest BCUT2D eigenvalue weighted by Crippen LogP contribution is -1.98. The highest BCUT2D eigenvalue weighted by Crippen LogP contribution is 2.35. The third-order valence-electron chi connectivity index (χ3n) is 0.963. The predicted octanol–water partition coefficient (Wildman–Crippen LogP) is 0.518. The quantitative estimate of drug-likeness (QED) is 0.475. The van der Waals surface area contributed by atoms with Crippen molar-refractivity contribution in [3.8, 4) is 0 Å². The molecule has 7 heteroatoms. The first-order chi connectivity index (χ1) is 5.58. The molecule has 6 nitrogen and oxygen atoms in total. The maximum Gasteiger partial charge on any atom is 0.491 e. The first kappa shape index (κ1) is 9.15. The smallest absolute Gasteiger partial charge is 0.301 e. The lowest BCUT2D eigenvalue weighted by atomic mass is 10.4. The molecule has 1 aromatic heterocycles. The fraction of sp³-hybridized carbons (Fsp3) is 0. The third-order valence-corrected chi connectivity index (χ3v) is 1.29. The van der Waals surface area contributed by atoms with Crippen molar-refractivity contribution in [1.82, 2.24) is 4.98 Å². The molecule has 0 unspecified atom stereocenters. The van der Waals surface area contributed by atoms with Gasteiger partial charge in [-0.1, -0.05) is 0 Å². The molecule has 0 saturated carbocycles. The van der Waals surface area contributed by atoms with Crippen molar-refractivity contribution in [3.63, 3.8) is 0 Å². The van der Waals surface area contributed by atoms with Crippen molar-refractivity contribution in [2.75, 3.05) is 5.48 Å². The SMILES string of the molecule is O=P(O)(O)ONc1ccncc1. The molecule has 1 aromatic rings. The molecule has 0 aliphatic rings. The number of nitrogens with zero attached hydrogens (tertiary/aromatic N) is 1. The van der Waals surface area contributed by atoms with Gasteiger partial charge in [-0.3, -0.25) is 10.5 Å². The summed E-state index contributed by atoms with van der Waals surface area (Å²) in [7, 11) is -4.46. The van der Waals surface area contributed by atoms with Crippen molar-refractivity contribution >= 4 is 13.5 Å². The van der Waals surface area contributed by atoms with Gasteiger partial charge >= 0.3 is 7.82 Å². The molecule has 0 atom stereocenters. The fourth-order valence-corrected chi connectivity index (χ4v) is 0.756. The topological polar surface area (TPSA) is 91.7 Å². The van der Waals surface area contributed by atoms with Crippen LogP contribution >= 0.6 is 7.82 Å². The van der Waals surface area contributed by atoms with Crippen molar-refractivity contribution < 1.29 is 19.0 Å². The first-order valence-corrected chi connectivity index (χ1v) is 4.51. The first-order valence-electron chi connectivity index (χ1n) is 2.98. The molecular formula is C5H7N2O4P. The Morgan fingerprint density at radius 1 is 1.42 bits per heavy atom. The summed E-state index contributed by atoms with van der Waals surface area (Å²) in [4.78, 5) is 20.3. The average Bonchev–Trinajstić information content (AvgIpc) is 2.02. The van der Waals surface area contributed by atoms with Crippen LogP contribution in [-0.4, -0.2) is 14.8 Å². The predicted molar refractivity (Wildman–Crippen MR) is 41.0 cm³/mol. The summed E-state index contributed by atoms with van der Waals surface area (Å²) in [5.41, 5.74) is 2.51. The Morgan fingerprint density at radius 3 is 2.50 bits per heavy atom. The van der Waals surface area contributed by atoms with Gasteiger partial charge in [0, 0.05) is 12.4 Å². The summed E-state index contributed by atoms with van der Waals surface area (Å²) in [5, 5.41) is 0. The number of aromatic nitrogens is 1. The van der Waals surface area contributed by atoms with Crippen LogP contribution in [-0.2, 0) is 9.19 Å². The Morgan fingerprint density at radius 2 is 2.00 bits per heavy atom. The molecule has 0 amide bonds. The fourth-order valence-electron chi connectivity index (χ4n) is 0.532. The van der Waals surface area contributed by atoms with Gasteiger partial charge in [0.2, 0.25) is 0 Å². The Kier molecular flexibility index (Phi) is 2.78. The second-order valence-corrected chi connectivity index (χ2v) is 3.08. The molecule has 0 fully saturated rings. The van der Waals surface area contributed by atoms with E-state index in [1.807, 2.05) is 0 Å². The monoisotopic (exact) mass is 190 g/mol. The number of rotatable bonds is 3. The molecule has 1 heterocycles. The second kappa shape index (κ2) is 3.64. The largest absolute Gasteiger partial charge is 0.491 e. The highest BCUT2D eigenvalue weighted by atomic mass is 31.2. The van der Waals surface area contributed by atoms with E-state index in [1.165, 1.54) is 24.5 Å². The van der Waals surface area contributed by atoms with Gasteiger partial charge in [-0.15, -0.1) is 0 Å². The number of nitrogens with one attached hydrogen (secondary N) is 1. The summed E-state index contributed by atoms with van der Waals surface area (Å²) in [6.45, 7) is 0. The Labute approximate surface area is 68.4 Å². The summed E-state index contributed by atoms with van der Waals surface area (Å²) in [5.74, 6) is 0. The van der Waals surface area contributed by atoms with E-state index in [0.717, 1.165) is 0 Å².